The topological polar surface area (TPSA) is 155 Å². The second-order valence-electron chi connectivity index (χ2n) is 4.72. The van der Waals surface area contributed by atoms with Gasteiger partial charge in [-0.1, -0.05) is 0 Å². The van der Waals surface area contributed by atoms with Crippen molar-refractivity contribution in [3.05, 3.63) is 23.8 Å². The molecule has 7 N–H and O–H groups in total. The molecule has 1 aromatic rings. The first kappa shape index (κ1) is 21.2. The molecule has 0 fully saturated rings. The number of hydrogen-bond acceptors (Lipinski definition) is 5. The summed E-state index contributed by atoms with van der Waals surface area (Å²) in [4.78, 5) is 19.1. The molecule has 0 heterocycles. The minimum Gasteiger partial charge on any atom is -1.00 e. The molecule has 9 heteroatoms. The number of phenols is 2. The van der Waals surface area contributed by atoms with Gasteiger partial charge in [0.05, 0.1) is 0 Å². The van der Waals surface area contributed by atoms with Crippen LogP contribution >= 0.6 is 0 Å². The summed E-state index contributed by atoms with van der Waals surface area (Å²) < 4.78 is 0. The third-order valence-corrected chi connectivity index (χ3v) is 2.94. The van der Waals surface area contributed by atoms with Gasteiger partial charge in [-0.3, -0.25) is 9.98 Å². The molecule has 0 aliphatic carbocycles. The van der Waals surface area contributed by atoms with Crippen LogP contribution in [-0.4, -0.2) is 45.5 Å². The number of carboxylic acid groups (broad SMARTS) is 1. The number of aromatic hydroxyl groups is 2. The van der Waals surface area contributed by atoms with Crippen molar-refractivity contribution < 1.29 is 51.1 Å². The van der Waals surface area contributed by atoms with Crippen LogP contribution in [0.3, 0.4) is 0 Å². The summed E-state index contributed by atoms with van der Waals surface area (Å²) in [5.74, 6) is -1.35. The SMILES string of the molecule is CC(=NC(CCCN=C(N)N)C(=O)O)c1ccc(O)cc1O.[H-].[Na+]. The van der Waals surface area contributed by atoms with Crippen molar-refractivity contribution in [3.8, 4) is 11.5 Å². The fraction of sp³-hybridized carbons (Fsp3) is 0.357. The predicted molar refractivity (Wildman–Crippen MR) is 84.4 cm³/mol. The molecule has 0 radical (unpaired) electrons. The van der Waals surface area contributed by atoms with Crippen molar-refractivity contribution in [2.45, 2.75) is 25.8 Å². The molecular weight excluding hydrogens is 311 g/mol. The summed E-state index contributed by atoms with van der Waals surface area (Å²) in [6.07, 6.45) is 0.732. The Morgan fingerprint density at radius 2 is 2.00 bits per heavy atom. The van der Waals surface area contributed by atoms with Crippen LogP contribution in [0.1, 0.15) is 26.8 Å². The van der Waals surface area contributed by atoms with E-state index in [1.54, 1.807) is 6.92 Å². The zero-order valence-corrected chi connectivity index (χ0v) is 15.2. The number of guanidine groups is 1. The summed E-state index contributed by atoms with van der Waals surface area (Å²) in [6.45, 7) is 1.92. The predicted octanol–water partition coefficient (Wildman–Crippen LogP) is -2.47. The van der Waals surface area contributed by atoms with Crippen molar-refractivity contribution in [2.24, 2.45) is 21.5 Å². The maximum absolute atomic E-state index is 11.2. The van der Waals surface area contributed by atoms with Gasteiger partial charge in [-0.2, -0.15) is 0 Å². The van der Waals surface area contributed by atoms with E-state index in [1.165, 1.54) is 18.2 Å². The monoisotopic (exact) mass is 332 g/mol. The Labute approximate surface area is 157 Å². The molecule has 0 saturated heterocycles. The van der Waals surface area contributed by atoms with Crippen LogP contribution in [0.25, 0.3) is 0 Å². The molecule has 0 aliphatic rings. The number of rotatable bonds is 7. The minimum atomic E-state index is -1.07. The number of carbonyl (C=O) groups is 1. The molecule has 122 valence electrons. The van der Waals surface area contributed by atoms with E-state index in [0.717, 1.165) is 0 Å². The van der Waals surface area contributed by atoms with E-state index < -0.39 is 12.0 Å². The van der Waals surface area contributed by atoms with E-state index in [1.807, 2.05) is 0 Å². The van der Waals surface area contributed by atoms with E-state index >= 15 is 0 Å². The number of hydrogen-bond donors (Lipinski definition) is 5. The van der Waals surface area contributed by atoms with Gasteiger partial charge in [0.2, 0.25) is 0 Å². The Bertz CT molecular complexity index is 606. The third-order valence-electron chi connectivity index (χ3n) is 2.94. The van der Waals surface area contributed by atoms with E-state index in [4.69, 9.17) is 11.5 Å². The summed E-state index contributed by atoms with van der Waals surface area (Å²) in [5, 5.41) is 28.2. The van der Waals surface area contributed by atoms with Crippen LogP contribution in [0.15, 0.2) is 28.2 Å². The Hall–Kier alpha value is -1.77. The van der Waals surface area contributed by atoms with E-state index in [0.29, 0.717) is 24.2 Å². The van der Waals surface area contributed by atoms with Crippen molar-refractivity contribution in [1.82, 2.24) is 0 Å². The number of nitrogens with zero attached hydrogens (tertiary/aromatic N) is 2. The van der Waals surface area contributed by atoms with Crippen molar-refractivity contribution >= 4 is 17.6 Å². The van der Waals surface area contributed by atoms with Gasteiger partial charge in [-0.15, -0.1) is 0 Å². The van der Waals surface area contributed by atoms with E-state index in [2.05, 4.69) is 9.98 Å². The van der Waals surface area contributed by atoms with Crippen LogP contribution in [0, 0.1) is 0 Å². The summed E-state index contributed by atoms with van der Waals surface area (Å²) in [5.41, 5.74) is 11.1. The molecule has 1 aromatic carbocycles. The first-order valence-electron chi connectivity index (χ1n) is 6.66. The fourth-order valence-electron chi connectivity index (χ4n) is 1.87. The molecule has 0 aliphatic heterocycles. The van der Waals surface area contributed by atoms with Gasteiger partial charge < -0.3 is 28.2 Å². The number of nitrogens with two attached hydrogens (primary N) is 2. The molecule has 23 heavy (non-hydrogen) atoms. The average Bonchev–Trinajstić information content (AvgIpc) is 2.41. The Morgan fingerprint density at radius 1 is 1.35 bits per heavy atom. The van der Waals surface area contributed by atoms with Gasteiger partial charge in [0, 0.05) is 23.9 Å². The van der Waals surface area contributed by atoms with Crippen molar-refractivity contribution in [1.29, 1.82) is 0 Å². The van der Waals surface area contributed by atoms with Crippen molar-refractivity contribution in [3.63, 3.8) is 0 Å². The molecule has 1 rings (SSSR count). The largest absolute Gasteiger partial charge is 1.00 e. The zero-order valence-electron chi connectivity index (χ0n) is 14.2. The Balaban J connectivity index is 0. The number of aliphatic imine (C=N–C) groups is 2. The number of benzene rings is 1. The molecule has 0 bridgehead atoms. The smallest absolute Gasteiger partial charge is 1.00 e. The second kappa shape index (κ2) is 10.1. The summed E-state index contributed by atoms with van der Waals surface area (Å²) in [6, 6.07) is 3.08. The van der Waals surface area contributed by atoms with Crippen molar-refractivity contribution in [2.75, 3.05) is 6.54 Å². The van der Waals surface area contributed by atoms with Gasteiger partial charge >= 0.3 is 35.5 Å². The Kier molecular flexibility index (Phi) is 9.31. The normalized spacial score (nSPS) is 12.1. The maximum atomic E-state index is 11.2. The van der Waals surface area contributed by atoms with Gasteiger partial charge in [0.25, 0.3) is 0 Å². The van der Waals surface area contributed by atoms with Crippen LogP contribution in [0.4, 0.5) is 0 Å². The minimum absolute atomic E-state index is 0. The molecule has 1 atom stereocenters. The standard InChI is InChI=1S/C14H20N4O4.Na.H/c1-8(10-5-4-9(19)7-12(10)20)18-11(13(21)22)3-2-6-17-14(15)16;;/h4-5,7,11,19-20H,2-3,6H2,1H3,(H,21,22)(H4,15,16,17);;/q;+1;-1. The summed E-state index contributed by atoms with van der Waals surface area (Å²) in [7, 11) is 0. The molecule has 0 saturated carbocycles. The van der Waals surface area contributed by atoms with Gasteiger partial charge in [-0.05, 0) is 31.9 Å². The fourth-order valence-corrected chi connectivity index (χ4v) is 1.87. The number of carboxylic acids is 1. The van der Waals surface area contributed by atoms with Crippen LogP contribution < -0.4 is 41.0 Å². The quantitative estimate of drug-likeness (QED) is 0.161. The maximum Gasteiger partial charge on any atom is 1.00 e. The number of aliphatic carboxylic acids is 1. The van der Waals surface area contributed by atoms with Crippen LogP contribution in [0.5, 0.6) is 11.5 Å². The number of phenolic OH excluding ortho intramolecular Hbond substituents is 2. The molecular formula is C14H21N4NaO4. The van der Waals surface area contributed by atoms with Gasteiger partial charge in [0.1, 0.15) is 17.5 Å². The zero-order chi connectivity index (χ0) is 16.7. The van der Waals surface area contributed by atoms with Crippen LogP contribution in [0.2, 0.25) is 0 Å². The van der Waals surface area contributed by atoms with Gasteiger partial charge in [-0.25, -0.2) is 4.79 Å². The molecule has 1 unspecified atom stereocenters. The van der Waals surface area contributed by atoms with E-state index in [-0.39, 0.29) is 54.9 Å². The third kappa shape index (κ3) is 7.36. The first-order valence-corrected chi connectivity index (χ1v) is 6.66. The molecule has 0 amide bonds. The Morgan fingerprint density at radius 3 is 2.52 bits per heavy atom. The summed E-state index contributed by atoms with van der Waals surface area (Å²) >= 11 is 0. The molecule has 8 nitrogen and oxygen atoms in total. The van der Waals surface area contributed by atoms with Crippen LogP contribution in [-0.2, 0) is 4.79 Å². The molecule has 0 aromatic heterocycles. The second-order valence-corrected chi connectivity index (χ2v) is 4.72. The first-order chi connectivity index (χ1) is 10.3. The molecule has 0 spiro atoms. The van der Waals surface area contributed by atoms with Gasteiger partial charge in [0.15, 0.2) is 5.96 Å². The average molecular weight is 332 g/mol. The van der Waals surface area contributed by atoms with E-state index in [9.17, 15) is 20.1 Å².